The fourth-order valence-corrected chi connectivity index (χ4v) is 3.89. The van der Waals surface area contributed by atoms with E-state index in [0.717, 1.165) is 46.0 Å². The van der Waals surface area contributed by atoms with Gasteiger partial charge in [0.2, 0.25) is 0 Å². The molecule has 0 amide bonds. The highest BCUT2D eigenvalue weighted by molar-refractivity contribution is 5.98. The van der Waals surface area contributed by atoms with Crippen LogP contribution < -0.4 is 4.90 Å². The Morgan fingerprint density at radius 1 is 1.18 bits per heavy atom. The minimum Gasteiger partial charge on any atom is -0.377 e. The number of ether oxygens (including phenoxy) is 1. The van der Waals surface area contributed by atoms with Crippen LogP contribution in [-0.2, 0) is 18.8 Å². The summed E-state index contributed by atoms with van der Waals surface area (Å²) < 4.78 is 9.40. The number of H-pyrrole nitrogens is 1. The molecule has 0 aromatic carbocycles. The summed E-state index contributed by atoms with van der Waals surface area (Å²) in [5.74, 6) is 0. The summed E-state index contributed by atoms with van der Waals surface area (Å²) in [5.41, 5.74) is 6.43. The van der Waals surface area contributed by atoms with E-state index in [4.69, 9.17) is 14.8 Å². The smallest absolute Gasteiger partial charge is 0.136 e. The molecule has 1 aliphatic heterocycles. The standard InChI is InChI=1S/C19H22N8O/c1-12-11-28-9-8-27(12)16-10-14(15-5-7-21-25(15)2)22-18-17(13-4-6-20-23-13)24-26(3)19(16)18/h4-7,10,12H,8-9,11H2,1-3H3,(H,20,23). The van der Waals surface area contributed by atoms with E-state index in [1.54, 1.807) is 12.4 Å². The first kappa shape index (κ1) is 16.9. The zero-order valence-electron chi connectivity index (χ0n) is 16.1. The van der Waals surface area contributed by atoms with Crippen molar-refractivity contribution in [2.75, 3.05) is 24.7 Å². The molecule has 0 aliphatic carbocycles. The van der Waals surface area contributed by atoms with Crippen LogP contribution in [0.2, 0.25) is 0 Å². The summed E-state index contributed by atoms with van der Waals surface area (Å²) in [6.07, 6.45) is 3.52. The minimum absolute atomic E-state index is 0.268. The average molecular weight is 378 g/mol. The van der Waals surface area contributed by atoms with Crippen LogP contribution in [0.15, 0.2) is 30.6 Å². The normalized spacial score (nSPS) is 17.5. The van der Waals surface area contributed by atoms with Gasteiger partial charge in [-0.1, -0.05) is 0 Å². The minimum atomic E-state index is 0.268. The van der Waals surface area contributed by atoms with Crippen LogP contribution in [0.4, 0.5) is 5.69 Å². The zero-order chi connectivity index (χ0) is 19.3. The number of rotatable bonds is 3. The van der Waals surface area contributed by atoms with Gasteiger partial charge in [0.15, 0.2) is 0 Å². The summed E-state index contributed by atoms with van der Waals surface area (Å²) in [7, 11) is 3.89. The van der Waals surface area contributed by atoms with E-state index in [1.165, 1.54) is 0 Å². The van der Waals surface area contributed by atoms with Crippen molar-refractivity contribution in [1.29, 1.82) is 0 Å². The van der Waals surface area contributed by atoms with Gasteiger partial charge < -0.3 is 9.64 Å². The fraction of sp³-hybridized carbons (Fsp3) is 0.368. The summed E-state index contributed by atoms with van der Waals surface area (Å²) in [6.45, 7) is 4.42. The molecule has 0 spiro atoms. The number of aromatic amines is 1. The molecular formula is C19H22N8O. The van der Waals surface area contributed by atoms with E-state index >= 15 is 0 Å². The second-order valence-corrected chi connectivity index (χ2v) is 7.12. The van der Waals surface area contributed by atoms with Crippen molar-refractivity contribution in [3.8, 4) is 22.8 Å². The number of aryl methyl sites for hydroxylation is 2. The van der Waals surface area contributed by atoms with E-state index in [1.807, 2.05) is 35.6 Å². The number of aromatic nitrogens is 7. The number of nitrogens with one attached hydrogen (secondary N) is 1. The van der Waals surface area contributed by atoms with Gasteiger partial charge >= 0.3 is 0 Å². The third-order valence-electron chi connectivity index (χ3n) is 5.29. The van der Waals surface area contributed by atoms with Gasteiger partial charge in [0, 0.05) is 39.1 Å². The van der Waals surface area contributed by atoms with Gasteiger partial charge in [-0.05, 0) is 25.1 Å². The molecule has 5 rings (SSSR count). The topological polar surface area (TPSA) is 89.7 Å². The molecule has 28 heavy (non-hydrogen) atoms. The highest BCUT2D eigenvalue weighted by Crippen LogP contribution is 2.36. The lowest BCUT2D eigenvalue weighted by atomic mass is 10.1. The Balaban J connectivity index is 1.80. The van der Waals surface area contributed by atoms with E-state index in [-0.39, 0.29) is 6.04 Å². The maximum atomic E-state index is 5.65. The summed E-state index contributed by atoms with van der Waals surface area (Å²) >= 11 is 0. The number of morpholine rings is 1. The highest BCUT2D eigenvalue weighted by atomic mass is 16.5. The van der Waals surface area contributed by atoms with Crippen LogP contribution in [0.25, 0.3) is 33.8 Å². The predicted molar refractivity (Wildman–Crippen MR) is 106 cm³/mol. The Bertz CT molecular complexity index is 1130. The SMILES string of the molecule is CC1COCCN1c1cc(-c2ccnn2C)nc2c(-c3ccn[nH]3)nn(C)c12. The van der Waals surface area contributed by atoms with Crippen molar-refractivity contribution >= 4 is 16.7 Å². The molecule has 4 aromatic heterocycles. The molecule has 9 heteroatoms. The van der Waals surface area contributed by atoms with Crippen molar-refractivity contribution in [2.24, 2.45) is 14.1 Å². The lowest BCUT2D eigenvalue weighted by molar-refractivity contribution is 0.0990. The Kier molecular flexibility index (Phi) is 3.90. The lowest BCUT2D eigenvalue weighted by Crippen LogP contribution is -2.44. The van der Waals surface area contributed by atoms with Crippen LogP contribution >= 0.6 is 0 Å². The van der Waals surface area contributed by atoms with Crippen LogP contribution in [0, 0.1) is 0 Å². The van der Waals surface area contributed by atoms with Crippen molar-refractivity contribution < 1.29 is 4.74 Å². The molecule has 144 valence electrons. The monoisotopic (exact) mass is 378 g/mol. The number of anilines is 1. The Morgan fingerprint density at radius 2 is 2.07 bits per heavy atom. The van der Waals surface area contributed by atoms with Crippen LogP contribution in [0.1, 0.15) is 6.92 Å². The number of nitrogens with zero attached hydrogens (tertiary/aromatic N) is 7. The predicted octanol–water partition coefficient (Wildman–Crippen LogP) is 1.98. The lowest BCUT2D eigenvalue weighted by Gasteiger charge is -2.35. The molecule has 5 heterocycles. The molecule has 0 bridgehead atoms. The van der Waals surface area contributed by atoms with E-state index in [2.05, 4.69) is 33.2 Å². The largest absolute Gasteiger partial charge is 0.377 e. The van der Waals surface area contributed by atoms with Gasteiger partial charge in [0.25, 0.3) is 0 Å². The van der Waals surface area contributed by atoms with Gasteiger partial charge in [-0.3, -0.25) is 14.5 Å². The molecule has 4 aromatic rings. The molecule has 1 N–H and O–H groups in total. The molecule has 1 atom stereocenters. The van der Waals surface area contributed by atoms with Crippen molar-refractivity contribution in [1.82, 2.24) is 34.7 Å². The molecule has 1 unspecified atom stereocenters. The Hall–Kier alpha value is -3.20. The molecule has 0 radical (unpaired) electrons. The van der Waals surface area contributed by atoms with Crippen LogP contribution in [0.5, 0.6) is 0 Å². The highest BCUT2D eigenvalue weighted by Gasteiger charge is 2.26. The first-order valence-electron chi connectivity index (χ1n) is 9.33. The maximum absolute atomic E-state index is 5.65. The zero-order valence-corrected chi connectivity index (χ0v) is 16.1. The third kappa shape index (κ3) is 2.58. The van der Waals surface area contributed by atoms with Gasteiger partial charge in [0.05, 0.1) is 36.0 Å². The summed E-state index contributed by atoms with van der Waals surface area (Å²) in [6, 6.07) is 6.30. The number of hydrogen-bond donors (Lipinski definition) is 1. The van der Waals surface area contributed by atoms with Crippen LogP contribution in [-0.4, -0.2) is 60.5 Å². The van der Waals surface area contributed by atoms with Gasteiger partial charge in [-0.15, -0.1) is 0 Å². The van der Waals surface area contributed by atoms with Crippen molar-refractivity contribution in [3.63, 3.8) is 0 Å². The third-order valence-corrected chi connectivity index (χ3v) is 5.29. The Labute approximate surface area is 161 Å². The number of fused-ring (bicyclic) bond motifs is 1. The Morgan fingerprint density at radius 3 is 2.79 bits per heavy atom. The van der Waals surface area contributed by atoms with Gasteiger partial charge in [0.1, 0.15) is 16.7 Å². The van der Waals surface area contributed by atoms with Gasteiger partial charge in [-0.25, -0.2) is 4.98 Å². The second kappa shape index (κ2) is 6.45. The quantitative estimate of drug-likeness (QED) is 0.586. The van der Waals surface area contributed by atoms with Gasteiger partial charge in [-0.2, -0.15) is 15.3 Å². The molecule has 9 nitrogen and oxygen atoms in total. The molecule has 1 fully saturated rings. The molecule has 1 aliphatic rings. The van der Waals surface area contributed by atoms with E-state index in [9.17, 15) is 0 Å². The summed E-state index contributed by atoms with van der Waals surface area (Å²) in [5, 5.41) is 16.2. The van der Waals surface area contributed by atoms with Crippen LogP contribution in [0.3, 0.4) is 0 Å². The molecule has 1 saturated heterocycles. The fourth-order valence-electron chi connectivity index (χ4n) is 3.89. The van der Waals surface area contributed by atoms with Crippen molar-refractivity contribution in [3.05, 3.63) is 30.6 Å². The first-order chi connectivity index (χ1) is 13.6. The maximum Gasteiger partial charge on any atom is 0.136 e. The van der Waals surface area contributed by atoms with E-state index in [0.29, 0.717) is 13.2 Å². The molecular weight excluding hydrogens is 356 g/mol. The average Bonchev–Trinajstić information content (AvgIpc) is 3.42. The first-order valence-corrected chi connectivity index (χ1v) is 9.33. The van der Waals surface area contributed by atoms with Crippen molar-refractivity contribution in [2.45, 2.75) is 13.0 Å². The van der Waals surface area contributed by atoms with E-state index < -0.39 is 0 Å². The molecule has 0 saturated carbocycles. The second-order valence-electron chi connectivity index (χ2n) is 7.12. The number of pyridine rings is 1. The number of hydrogen-bond acceptors (Lipinski definition) is 6. The summed E-state index contributed by atoms with van der Waals surface area (Å²) in [4.78, 5) is 7.37.